The molecular formula is C21H19N3O2S. The van der Waals surface area contributed by atoms with Crippen molar-refractivity contribution in [2.45, 2.75) is 24.8 Å². The maximum atomic E-state index is 12.7. The molecule has 3 aromatic rings. The number of aryl methyl sites for hydroxylation is 1. The van der Waals surface area contributed by atoms with Crippen LogP contribution in [0.25, 0.3) is 10.9 Å². The minimum atomic E-state index is 0.0221. The minimum Gasteiger partial charge on any atom is -0.312 e. The molecular weight excluding hydrogens is 358 g/mol. The van der Waals surface area contributed by atoms with Gasteiger partial charge in [-0.25, -0.2) is 9.97 Å². The van der Waals surface area contributed by atoms with Gasteiger partial charge in [0.1, 0.15) is 10.9 Å². The molecule has 5 nitrogen and oxygen atoms in total. The van der Waals surface area contributed by atoms with Crippen molar-refractivity contribution in [3.63, 3.8) is 0 Å². The first kappa shape index (κ1) is 17.7. The molecule has 1 aliphatic rings. The van der Waals surface area contributed by atoms with Gasteiger partial charge in [0.05, 0.1) is 11.3 Å². The van der Waals surface area contributed by atoms with Crippen molar-refractivity contribution in [1.29, 1.82) is 0 Å². The number of para-hydroxylation sites is 1. The summed E-state index contributed by atoms with van der Waals surface area (Å²) < 4.78 is 0. The third kappa shape index (κ3) is 3.71. The van der Waals surface area contributed by atoms with Crippen molar-refractivity contribution >= 4 is 40.0 Å². The van der Waals surface area contributed by atoms with Crippen molar-refractivity contribution in [3.8, 4) is 0 Å². The van der Waals surface area contributed by atoms with Crippen LogP contribution >= 0.6 is 11.8 Å². The molecule has 0 aliphatic carbocycles. The largest absolute Gasteiger partial charge is 0.312 e. The summed E-state index contributed by atoms with van der Waals surface area (Å²) >= 11 is 1.42. The molecule has 0 atom stereocenters. The summed E-state index contributed by atoms with van der Waals surface area (Å²) in [6.07, 6.45) is 1.45. The Labute approximate surface area is 161 Å². The maximum Gasteiger partial charge on any atom is 0.227 e. The second-order valence-corrected chi connectivity index (χ2v) is 7.47. The summed E-state index contributed by atoms with van der Waals surface area (Å²) in [4.78, 5) is 35.4. The monoisotopic (exact) mass is 377 g/mol. The van der Waals surface area contributed by atoms with E-state index < -0.39 is 0 Å². The minimum absolute atomic E-state index is 0.0221. The predicted molar refractivity (Wildman–Crippen MR) is 107 cm³/mol. The summed E-state index contributed by atoms with van der Waals surface area (Å²) in [5, 5.41) is 1.77. The zero-order valence-electron chi connectivity index (χ0n) is 15.0. The van der Waals surface area contributed by atoms with E-state index in [1.165, 1.54) is 11.8 Å². The van der Waals surface area contributed by atoms with E-state index >= 15 is 0 Å². The van der Waals surface area contributed by atoms with Crippen molar-refractivity contribution < 1.29 is 9.59 Å². The van der Waals surface area contributed by atoms with Gasteiger partial charge in [0.2, 0.25) is 5.91 Å². The highest BCUT2D eigenvalue weighted by Crippen LogP contribution is 2.27. The fourth-order valence-electron chi connectivity index (χ4n) is 3.25. The number of ketones is 1. The van der Waals surface area contributed by atoms with Gasteiger partial charge in [-0.3, -0.25) is 9.59 Å². The Balaban J connectivity index is 1.53. The van der Waals surface area contributed by atoms with Gasteiger partial charge in [0.25, 0.3) is 0 Å². The molecule has 27 heavy (non-hydrogen) atoms. The van der Waals surface area contributed by atoms with E-state index in [0.29, 0.717) is 17.8 Å². The summed E-state index contributed by atoms with van der Waals surface area (Å²) in [7, 11) is 0. The Hall–Kier alpha value is -2.73. The quantitative estimate of drug-likeness (QED) is 0.381. The number of benzene rings is 2. The lowest BCUT2D eigenvalue weighted by Crippen LogP contribution is -2.23. The third-order valence-corrected chi connectivity index (χ3v) is 5.56. The number of thioether (sulfide) groups is 1. The van der Waals surface area contributed by atoms with Crippen molar-refractivity contribution in [2.24, 2.45) is 0 Å². The fourth-order valence-corrected chi connectivity index (χ4v) is 4.21. The molecule has 6 heteroatoms. The van der Waals surface area contributed by atoms with Crippen LogP contribution in [0.4, 0.5) is 5.69 Å². The molecule has 1 amide bonds. The number of hydrogen-bond acceptors (Lipinski definition) is 5. The Morgan fingerprint density at radius 3 is 2.81 bits per heavy atom. The summed E-state index contributed by atoms with van der Waals surface area (Å²) in [6.45, 7) is 2.58. The SMILES string of the molecule is Cc1nc(SCC(=O)c2cccc(N3CCCC3=O)c2)c2ccccc2n1. The van der Waals surface area contributed by atoms with Gasteiger partial charge in [0.15, 0.2) is 5.78 Å². The molecule has 2 aromatic carbocycles. The number of Topliss-reactive ketones (excluding diaryl/α,β-unsaturated/α-hetero) is 1. The Morgan fingerprint density at radius 1 is 1.15 bits per heavy atom. The summed E-state index contributed by atoms with van der Waals surface area (Å²) in [6, 6.07) is 15.2. The normalized spacial score (nSPS) is 14.1. The molecule has 0 unspecified atom stereocenters. The second-order valence-electron chi connectivity index (χ2n) is 6.50. The molecule has 136 valence electrons. The average molecular weight is 377 g/mol. The Morgan fingerprint density at radius 2 is 2.00 bits per heavy atom. The molecule has 0 spiro atoms. The van der Waals surface area contributed by atoms with Gasteiger partial charge < -0.3 is 4.90 Å². The van der Waals surface area contributed by atoms with E-state index in [-0.39, 0.29) is 17.4 Å². The van der Waals surface area contributed by atoms with Crippen LogP contribution < -0.4 is 4.90 Å². The number of fused-ring (bicyclic) bond motifs is 1. The Kier molecular flexibility index (Phi) is 4.90. The highest BCUT2D eigenvalue weighted by molar-refractivity contribution is 8.00. The summed E-state index contributed by atoms with van der Waals surface area (Å²) in [5.74, 6) is 1.13. The molecule has 1 fully saturated rings. The lowest BCUT2D eigenvalue weighted by atomic mass is 10.1. The lowest BCUT2D eigenvalue weighted by Gasteiger charge is -2.16. The first-order valence-corrected chi connectivity index (χ1v) is 9.90. The zero-order chi connectivity index (χ0) is 18.8. The highest BCUT2D eigenvalue weighted by atomic mass is 32.2. The van der Waals surface area contributed by atoms with Gasteiger partial charge in [-0.1, -0.05) is 42.1 Å². The predicted octanol–water partition coefficient (Wildman–Crippen LogP) is 4.04. The van der Waals surface area contributed by atoms with Crippen LogP contribution in [0.2, 0.25) is 0 Å². The van der Waals surface area contributed by atoms with Crippen LogP contribution in [0.3, 0.4) is 0 Å². The number of anilines is 1. The van der Waals surface area contributed by atoms with E-state index in [9.17, 15) is 9.59 Å². The lowest BCUT2D eigenvalue weighted by molar-refractivity contribution is -0.117. The van der Waals surface area contributed by atoms with Crippen LogP contribution in [-0.2, 0) is 4.79 Å². The van der Waals surface area contributed by atoms with Gasteiger partial charge in [-0.05, 0) is 31.5 Å². The van der Waals surface area contributed by atoms with Crippen LogP contribution in [0.1, 0.15) is 29.0 Å². The standard InChI is InChI=1S/C21H19N3O2S/c1-14-22-18-9-3-2-8-17(18)21(23-14)27-13-19(25)15-6-4-7-16(12-15)24-11-5-10-20(24)26/h2-4,6-9,12H,5,10-11,13H2,1H3. The number of nitrogens with zero attached hydrogens (tertiary/aromatic N) is 3. The number of carbonyl (C=O) groups is 2. The molecule has 1 saturated heterocycles. The smallest absolute Gasteiger partial charge is 0.227 e. The van der Waals surface area contributed by atoms with E-state index in [2.05, 4.69) is 9.97 Å². The topological polar surface area (TPSA) is 63.2 Å². The van der Waals surface area contributed by atoms with Crippen LogP contribution in [-0.4, -0.2) is 34.0 Å². The molecule has 0 bridgehead atoms. The van der Waals surface area contributed by atoms with E-state index in [0.717, 1.165) is 34.6 Å². The zero-order valence-corrected chi connectivity index (χ0v) is 15.8. The van der Waals surface area contributed by atoms with Gasteiger partial charge >= 0.3 is 0 Å². The maximum absolute atomic E-state index is 12.7. The van der Waals surface area contributed by atoms with E-state index in [1.54, 1.807) is 11.0 Å². The third-order valence-electron chi connectivity index (χ3n) is 4.57. The highest BCUT2D eigenvalue weighted by Gasteiger charge is 2.22. The van der Waals surface area contributed by atoms with Crippen LogP contribution in [0.5, 0.6) is 0 Å². The van der Waals surface area contributed by atoms with Crippen molar-refractivity contribution in [1.82, 2.24) is 9.97 Å². The van der Waals surface area contributed by atoms with Crippen LogP contribution in [0, 0.1) is 6.92 Å². The van der Waals surface area contributed by atoms with Gasteiger partial charge in [0, 0.05) is 29.6 Å². The summed E-state index contributed by atoms with van der Waals surface area (Å²) in [5.41, 5.74) is 2.31. The number of rotatable bonds is 5. The molecule has 1 aliphatic heterocycles. The molecule has 0 saturated carbocycles. The second kappa shape index (κ2) is 7.48. The Bertz CT molecular complexity index is 1030. The number of aromatic nitrogens is 2. The number of hydrogen-bond donors (Lipinski definition) is 0. The van der Waals surface area contributed by atoms with E-state index in [4.69, 9.17) is 0 Å². The molecule has 4 rings (SSSR count). The fraction of sp³-hybridized carbons (Fsp3) is 0.238. The molecule has 1 aromatic heterocycles. The first-order chi connectivity index (χ1) is 13.1. The van der Waals surface area contributed by atoms with E-state index in [1.807, 2.05) is 49.4 Å². The molecule has 0 N–H and O–H groups in total. The van der Waals surface area contributed by atoms with Crippen molar-refractivity contribution in [3.05, 3.63) is 59.9 Å². The first-order valence-electron chi connectivity index (χ1n) is 8.91. The van der Waals surface area contributed by atoms with Gasteiger partial charge in [-0.2, -0.15) is 0 Å². The number of carbonyl (C=O) groups excluding carboxylic acids is 2. The van der Waals surface area contributed by atoms with Crippen LogP contribution in [0.15, 0.2) is 53.6 Å². The van der Waals surface area contributed by atoms with Crippen molar-refractivity contribution in [2.75, 3.05) is 17.2 Å². The van der Waals surface area contributed by atoms with Gasteiger partial charge in [-0.15, -0.1) is 0 Å². The number of amides is 1. The molecule has 2 heterocycles. The average Bonchev–Trinajstić information content (AvgIpc) is 3.11. The molecule has 0 radical (unpaired) electrons.